The highest BCUT2D eigenvalue weighted by atomic mass is 32.1. The minimum absolute atomic E-state index is 0.0172. The number of hydrogen-bond donors (Lipinski definition) is 1. The summed E-state index contributed by atoms with van der Waals surface area (Å²) in [6.45, 7) is 1.70. The van der Waals surface area contributed by atoms with Gasteiger partial charge in [-0.1, -0.05) is 42.5 Å². The molecule has 1 amide bonds. The van der Waals surface area contributed by atoms with Gasteiger partial charge in [0.2, 0.25) is 12.1 Å². The summed E-state index contributed by atoms with van der Waals surface area (Å²) in [5.41, 5.74) is 0.457. The number of esters is 1. The number of carbonyl (C=O) groups is 2. The van der Waals surface area contributed by atoms with E-state index < -0.39 is 22.7 Å². The van der Waals surface area contributed by atoms with Crippen molar-refractivity contribution in [3.8, 4) is 0 Å². The normalized spacial score (nSPS) is 19.0. The van der Waals surface area contributed by atoms with E-state index in [4.69, 9.17) is 17.0 Å². The predicted octanol–water partition coefficient (Wildman–Crippen LogP) is 2.76. The van der Waals surface area contributed by atoms with Crippen molar-refractivity contribution in [3.63, 3.8) is 0 Å². The number of thiocarbonyl (C=S) groups is 1. The number of nitro benzene ring substituents is 1. The van der Waals surface area contributed by atoms with E-state index in [1.165, 1.54) is 12.1 Å². The molecule has 156 valence electrons. The van der Waals surface area contributed by atoms with Crippen LogP contribution in [0.3, 0.4) is 0 Å². The molecule has 30 heavy (non-hydrogen) atoms. The van der Waals surface area contributed by atoms with Gasteiger partial charge in [0.15, 0.2) is 0 Å². The van der Waals surface area contributed by atoms with Crippen LogP contribution in [-0.2, 0) is 20.9 Å². The van der Waals surface area contributed by atoms with Crippen molar-refractivity contribution in [1.29, 1.82) is 0 Å². The van der Waals surface area contributed by atoms with E-state index in [0.29, 0.717) is 10.4 Å². The molecule has 1 saturated heterocycles. The van der Waals surface area contributed by atoms with Gasteiger partial charge in [0.1, 0.15) is 6.61 Å². The Morgan fingerprint density at radius 1 is 1.27 bits per heavy atom. The molecule has 0 bridgehead atoms. The monoisotopic (exact) mass is 428 g/mol. The van der Waals surface area contributed by atoms with Gasteiger partial charge in [-0.05, 0) is 30.2 Å². The molecule has 0 aromatic heterocycles. The summed E-state index contributed by atoms with van der Waals surface area (Å²) in [5.74, 6) is -1.30. The smallest absolute Gasteiger partial charge is 0.356 e. The average molecular weight is 428 g/mol. The van der Waals surface area contributed by atoms with Gasteiger partial charge in [0.05, 0.1) is 16.9 Å². The largest absolute Gasteiger partial charge is 0.457 e. The molecule has 8 nitrogen and oxygen atoms in total. The first-order valence-electron chi connectivity index (χ1n) is 9.20. The topological polar surface area (TPSA) is 110 Å². The number of rotatable bonds is 8. The molecule has 3 rings (SSSR count). The lowest BCUT2D eigenvalue weighted by molar-refractivity contribution is -0.384. The third-order valence-electron chi connectivity index (χ3n) is 5.00. The van der Waals surface area contributed by atoms with Crippen molar-refractivity contribution in [3.05, 3.63) is 75.8 Å². The Balaban J connectivity index is 1.64. The zero-order valence-corrected chi connectivity index (χ0v) is 17.0. The molecule has 1 heterocycles. The SMILES string of the molecule is CC1(CC(=S)c2ccc([N+](=O)[O-])cc2)CC(=O)N1C(O)C(=O)OCc1ccccc1. The first kappa shape index (κ1) is 21.5. The van der Waals surface area contributed by atoms with E-state index in [2.05, 4.69) is 0 Å². The van der Waals surface area contributed by atoms with Gasteiger partial charge < -0.3 is 14.7 Å². The van der Waals surface area contributed by atoms with Crippen LogP contribution in [0.5, 0.6) is 0 Å². The number of benzene rings is 2. The molecule has 1 N–H and O–H groups in total. The molecule has 0 radical (unpaired) electrons. The van der Waals surface area contributed by atoms with Crippen LogP contribution in [0.15, 0.2) is 54.6 Å². The fourth-order valence-electron chi connectivity index (χ4n) is 3.41. The van der Waals surface area contributed by atoms with Crippen LogP contribution in [0.25, 0.3) is 0 Å². The number of aliphatic hydroxyl groups is 1. The van der Waals surface area contributed by atoms with E-state index >= 15 is 0 Å². The zero-order chi connectivity index (χ0) is 21.9. The highest BCUT2D eigenvalue weighted by Gasteiger charge is 2.52. The van der Waals surface area contributed by atoms with Crippen LogP contribution in [-0.4, -0.2) is 43.4 Å². The van der Waals surface area contributed by atoms with Gasteiger partial charge >= 0.3 is 5.97 Å². The molecular weight excluding hydrogens is 408 g/mol. The second-order valence-electron chi connectivity index (χ2n) is 7.31. The molecule has 0 spiro atoms. The van der Waals surface area contributed by atoms with Crippen molar-refractivity contribution >= 4 is 34.6 Å². The van der Waals surface area contributed by atoms with Gasteiger partial charge in [-0.2, -0.15) is 0 Å². The highest BCUT2D eigenvalue weighted by Crippen LogP contribution is 2.38. The maximum Gasteiger partial charge on any atom is 0.356 e. The number of nitro groups is 1. The number of non-ortho nitro benzene ring substituents is 1. The number of amides is 1. The van der Waals surface area contributed by atoms with E-state index in [0.717, 1.165) is 10.5 Å². The van der Waals surface area contributed by atoms with Gasteiger partial charge in [0.25, 0.3) is 5.69 Å². The van der Waals surface area contributed by atoms with Crippen LogP contribution >= 0.6 is 12.2 Å². The minimum atomic E-state index is -1.74. The Bertz CT molecular complexity index is 979. The number of nitrogens with zero attached hydrogens (tertiary/aromatic N) is 2. The van der Waals surface area contributed by atoms with Crippen LogP contribution < -0.4 is 0 Å². The molecule has 2 atom stereocenters. The third-order valence-corrected chi connectivity index (χ3v) is 5.38. The number of β-lactam (4-membered cyclic amide) rings is 1. The summed E-state index contributed by atoms with van der Waals surface area (Å²) in [5, 5.41) is 21.2. The molecule has 1 fully saturated rings. The highest BCUT2D eigenvalue weighted by molar-refractivity contribution is 7.80. The van der Waals surface area contributed by atoms with Crippen molar-refractivity contribution in [1.82, 2.24) is 4.90 Å². The Kier molecular flexibility index (Phi) is 6.23. The predicted molar refractivity (Wildman–Crippen MR) is 112 cm³/mol. The van der Waals surface area contributed by atoms with Gasteiger partial charge in [-0.3, -0.25) is 14.9 Å². The van der Waals surface area contributed by atoms with Crippen LogP contribution in [0, 0.1) is 10.1 Å². The van der Waals surface area contributed by atoms with E-state index in [-0.39, 0.29) is 31.0 Å². The van der Waals surface area contributed by atoms with Crippen molar-refractivity contribution in [2.24, 2.45) is 0 Å². The fourth-order valence-corrected chi connectivity index (χ4v) is 3.86. The maximum absolute atomic E-state index is 12.3. The molecule has 1 aliphatic heterocycles. The number of hydrogen-bond acceptors (Lipinski definition) is 7. The summed E-state index contributed by atoms with van der Waals surface area (Å²) in [6.07, 6.45) is -1.41. The lowest BCUT2D eigenvalue weighted by Crippen LogP contribution is -2.67. The first-order chi connectivity index (χ1) is 14.2. The molecule has 2 unspecified atom stereocenters. The van der Waals surface area contributed by atoms with Crippen molar-refractivity contribution in [2.75, 3.05) is 0 Å². The lowest BCUT2D eigenvalue weighted by Gasteiger charge is -2.51. The summed E-state index contributed by atoms with van der Waals surface area (Å²) < 4.78 is 5.13. The van der Waals surface area contributed by atoms with Crippen LogP contribution in [0.4, 0.5) is 5.69 Å². The Hall–Kier alpha value is -3.17. The summed E-state index contributed by atoms with van der Waals surface area (Å²) in [4.78, 5) is 36.3. The molecule has 0 saturated carbocycles. The number of likely N-dealkylation sites (tertiary alicyclic amines) is 1. The average Bonchev–Trinajstić information content (AvgIpc) is 2.72. The van der Waals surface area contributed by atoms with E-state index in [1.807, 2.05) is 6.07 Å². The van der Waals surface area contributed by atoms with Crippen molar-refractivity contribution in [2.45, 2.75) is 38.1 Å². The van der Waals surface area contributed by atoms with Gasteiger partial charge in [0, 0.05) is 23.4 Å². The first-order valence-corrected chi connectivity index (χ1v) is 9.60. The quantitative estimate of drug-likeness (QED) is 0.172. The Labute approximate surface area is 178 Å². The molecule has 2 aromatic rings. The second kappa shape index (κ2) is 8.68. The van der Waals surface area contributed by atoms with Crippen LogP contribution in [0.2, 0.25) is 0 Å². The maximum atomic E-state index is 12.3. The van der Waals surface area contributed by atoms with Crippen LogP contribution in [0.1, 0.15) is 30.9 Å². The zero-order valence-electron chi connectivity index (χ0n) is 16.2. The summed E-state index contributed by atoms with van der Waals surface area (Å²) >= 11 is 5.43. The van der Waals surface area contributed by atoms with Crippen molar-refractivity contribution < 1.29 is 24.4 Å². The Morgan fingerprint density at radius 2 is 1.90 bits per heavy atom. The number of ether oxygens (including phenoxy) is 1. The molecule has 1 aliphatic rings. The second-order valence-corrected chi connectivity index (χ2v) is 7.80. The minimum Gasteiger partial charge on any atom is -0.457 e. The Morgan fingerprint density at radius 3 is 2.47 bits per heavy atom. The molecule has 2 aromatic carbocycles. The summed E-state index contributed by atoms with van der Waals surface area (Å²) in [6, 6.07) is 14.8. The molecule has 9 heteroatoms. The third kappa shape index (κ3) is 4.52. The number of aliphatic hydroxyl groups excluding tert-OH is 1. The fraction of sp³-hybridized carbons (Fsp3) is 0.286. The number of carbonyl (C=O) groups excluding carboxylic acids is 2. The molecular formula is C21H20N2O6S. The lowest BCUT2D eigenvalue weighted by atomic mass is 9.80. The standard InChI is InChI=1S/C21H20N2O6S/c1-21(11-17(30)15-7-9-16(10-8-15)23(27)28)12-18(24)22(21)19(25)20(26)29-13-14-5-3-2-4-6-14/h2-10,19,25H,11-13H2,1H3. The van der Waals surface area contributed by atoms with Gasteiger partial charge in [-0.25, -0.2) is 4.79 Å². The van der Waals surface area contributed by atoms with Gasteiger partial charge in [-0.15, -0.1) is 0 Å². The van der Waals surface area contributed by atoms with E-state index in [9.17, 15) is 24.8 Å². The molecule has 0 aliphatic carbocycles. The van der Waals surface area contributed by atoms with E-state index in [1.54, 1.807) is 43.3 Å². The summed E-state index contributed by atoms with van der Waals surface area (Å²) in [7, 11) is 0.